The standard InChI is InChI=1S/C15H18N4O3/c1-2-3-9-18-13(16)12(17-22)14(20)19(15(18)21)10-11-7-5-4-6-8-11/h4-8H,2-3,9-10,16H2,1H3. The van der Waals surface area contributed by atoms with Gasteiger partial charge in [-0.1, -0.05) is 43.7 Å². The van der Waals surface area contributed by atoms with Gasteiger partial charge in [-0.3, -0.25) is 13.9 Å². The second kappa shape index (κ2) is 6.84. The van der Waals surface area contributed by atoms with Gasteiger partial charge in [-0.15, -0.1) is 4.91 Å². The van der Waals surface area contributed by atoms with Crippen molar-refractivity contribution in [3.8, 4) is 0 Å². The lowest BCUT2D eigenvalue weighted by Crippen LogP contribution is -2.41. The first-order valence-corrected chi connectivity index (χ1v) is 7.10. The molecular weight excluding hydrogens is 284 g/mol. The highest BCUT2D eigenvalue weighted by Crippen LogP contribution is 2.15. The van der Waals surface area contributed by atoms with Crippen molar-refractivity contribution < 1.29 is 0 Å². The number of nitrogens with zero attached hydrogens (tertiary/aromatic N) is 3. The van der Waals surface area contributed by atoms with Crippen LogP contribution in [0.15, 0.2) is 45.1 Å². The third kappa shape index (κ3) is 2.98. The Kier molecular flexibility index (Phi) is 4.88. The van der Waals surface area contributed by atoms with Crippen molar-refractivity contribution in [1.82, 2.24) is 9.13 Å². The maximum Gasteiger partial charge on any atom is 0.332 e. The Labute approximate surface area is 127 Å². The molecule has 2 rings (SSSR count). The molecule has 0 saturated heterocycles. The average molecular weight is 302 g/mol. The van der Waals surface area contributed by atoms with E-state index in [-0.39, 0.29) is 12.4 Å². The molecule has 0 atom stereocenters. The summed E-state index contributed by atoms with van der Waals surface area (Å²) in [6.45, 7) is 2.40. The van der Waals surface area contributed by atoms with Crippen molar-refractivity contribution in [3.05, 3.63) is 61.6 Å². The van der Waals surface area contributed by atoms with E-state index in [0.717, 1.165) is 16.6 Å². The van der Waals surface area contributed by atoms with Crippen LogP contribution in [0.2, 0.25) is 0 Å². The topological polar surface area (TPSA) is 99.4 Å². The fourth-order valence-electron chi connectivity index (χ4n) is 2.22. The Bertz CT molecular complexity index is 778. The molecule has 7 nitrogen and oxygen atoms in total. The molecule has 0 aliphatic heterocycles. The lowest BCUT2D eigenvalue weighted by Gasteiger charge is -2.13. The van der Waals surface area contributed by atoms with E-state index in [1.807, 2.05) is 25.1 Å². The Morgan fingerprint density at radius 3 is 2.41 bits per heavy atom. The zero-order valence-corrected chi connectivity index (χ0v) is 12.4. The molecule has 2 aromatic rings. The first-order chi connectivity index (χ1) is 10.6. The SMILES string of the molecule is CCCCn1c(N)c(N=O)c(=O)n(Cc2ccccc2)c1=O. The summed E-state index contributed by atoms with van der Waals surface area (Å²) < 4.78 is 2.24. The maximum atomic E-state index is 12.5. The van der Waals surface area contributed by atoms with Gasteiger partial charge in [-0.05, 0) is 17.2 Å². The van der Waals surface area contributed by atoms with Crippen LogP contribution in [0.5, 0.6) is 0 Å². The van der Waals surface area contributed by atoms with Crippen molar-refractivity contribution in [2.75, 3.05) is 5.73 Å². The zero-order chi connectivity index (χ0) is 16.1. The minimum atomic E-state index is -0.755. The molecule has 1 heterocycles. The lowest BCUT2D eigenvalue weighted by molar-refractivity contribution is 0.560. The third-order valence-corrected chi connectivity index (χ3v) is 3.45. The fraction of sp³-hybridized carbons (Fsp3) is 0.333. The quantitative estimate of drug-likeness (QED) is 0.823. The van der Waals surface area contributed by atoms with Gasteiger partial charge in [-0.2, -0.15) is 0 Å². The summed E-state index contributed by atoms with van der Waals surface area (Å²) in [6, 6.07) is 9.06. The Hall–Kier alpha value is -2.70. The maximum absolute atomic E-state index is 12.5. The highest BCUT2D eigenvalue weighted by atomic mass is 16.3. The van der Waals surface area contributed by atoms with E-state index in [1.54, 1.807) is 12.1 Å². The van der Waals surface area contributed by atoms with Gasteiger partial charge in [0.2, 0.25) is 5.69 Å². The lowest BCUT2D eigenvalue weighted by atomic mass is 10.2. The highest BCUT2D eigenvalue weighted by molar-refractivity contribution is 5.56. The molecule has 1 aromatic heterocycles. The number of nitrogens with two attached hydrogens (primary N) is 1. The Morgan fingerprint density at radius 1 is 1.14 bits per heavy atom. The predicted octanol–water partition coefficient (Wildman–Crippen LogP) is 1.84. The monoisotopic (exact) mass is 302 g/mol. The first-order valence-electron chi connectivity index (χ1n) is 7.10. The summed E-state index contributed by atoms with van der Waals surface area (Å²) in [7, 11) is 0. The van der Waals surface area contributed by atoms with Crippen molar-refractivity contribution in [2.45, 2.75) is 32.9 Å². The Morgan fingerprint density at radius 2 is 1.82 bits per heavy atom. The van der Waals surface area contributed by atoms with Crippen LogP contribution < -0.4 is 17.0 Å². The minimum Gasteiger partial charge on any atom is -0.383 e. The van der Waals surface area contributed by atoms with E-state index in [2.05, 4.69) is 5.18 Å². The van der Waals surface area contributed by atoms with Crippen LogP contribution in [0, 0.1) is 4.91 Å². The average Bonchev–Trinajstić information content (AvgIpc) is 2.53. The molecule has 0 bridgehead atoms. The van der Waals surface area contributed by atoms with E-state index >= 15 is 0 Å². The molecule has 0 fully saturated rings. The molecule has 0 radical (unpaired) electrons. The number of anilines is 1. The summed E-state index contributed by atoms with van der Waals surface area (Å²) in [5.74, 6) is -0.164. The van der Waals surface area contributed by atoms with E-state index in [4.69, 9.17) is 5.73 Å². The van der Waals surface area contributed by atoms with Crippen molar-refractivity contribution in [3.63, 3.8) is 0 Å². The van der Waals surface area contributed by atoms with Gasteiger partial charge in [0, 0.05) is 6.54 Å². The fourth-order valence-corrected chi connectivity index (χ4v) is 2.22. The largest absolute Gasteiger partial charge is 0.383 e. The number of unbranched alkanes of at least 4 members (excludes halogenated alkanes) is 1. The number of aromatic nitrogens is 2. The summed E-state index contributed by atoms with van der Waals surface area (Å²) >= 11 is 0. The molecule has 22 heavy (non-hydrogen) atoms. The molecule has 0 unspecified atom stereocenters. The second-order valence-electron chi connectivity index (χ2n) is 4.99. The number of hydrogen-bond acceptors (Lipinski definition) is 5. The minimum absolute atomic E-state index is 0.0768. The van der Waals surface area contributed by atoms with Crippen LogP contribution in [0.4, 0.5) is 11.5 Å². The van der Waals surface area contributed by atoms with Crippen molar-refractivity contribution in [2.24, 2.45) is 5.18 Å². The number of rotatable bonds is 6. The summed E-state index contributed by atoms with van der Waals surface area (Å²) in [6.07, 6.45) is 1.57. The van der Waals surface area contributed by atoms with Gasteiger partial charge in [0.25, 0.3) is 5.56 Å². The van der Waals surface area contributed by atoms with Crippen LogP contribution >= 0.6 is 0 Å². The van der Waals surface area contributed by atoms with Gasteiger partial charge < -0.3 is 5.73 Å². The molecule has 0 aliphatic carbocycles. The van der Waals surface area contributed by atoms with Crippen LogP contribution in [-0.4, -0.2) is 9.13 Å². The summed E-state index contributed by atoms with van der Waals surface area (Å²) in [5.41, 5.74) is 4.85. The summed E-state index contributed by atoms with van der Waals surface area (Å²) in [4.78, 5) is 35.7. The van der Waals surface area contributed by atoms with E-state index in [9.17, 15) is 14.5 Å². The molecule has 2 N–H and O–H groups in total. The number of nitrogen functional groups attached to an aromatic ring is 1. The molecule has 1 aromatic carbocycles. The first kappa shape index (κ1) is 15.7. The second-order valence-corrected chi connectivity index (χ2v) is 4.99. The number of hydrogen-bond donors (Lipinski definition) is 1. The zero-order valence-electron chi connectivity index (χ0n) is 12.4. The number of benzene rings is 1. The van der Waals surface area contributed by atoms with Gasteiger partial charge >= 0.3 is 5.69 Å². The molecule has 0 saturated carbocycles. The molecule has 0 amide bonds. The highest BCUT2D eigenvalue weighted by Gasteiger charge is 2.17. The van der Waals surface area contributed by atoms with Crippen LogP contribution in [0.25, 0.3) is 0 Å². The van der Waals surface area contributed by atoms with E-state index in [0.29, 0.717) is 13.0 Å². The summed E-state index contributed by atoms with van der Waals surface area (Å²) in [5, 5.41) is 2.71. The van der Waals surface area contributed by atoms with Gasteiger partial charge in [0.05, 0.1) is 6.54 Å². The van der Waals surface area contributed by atoms with E-state index < -0.39 is 16.9 Å². The van der Waals surface area contributed by atoms with Crippen LogP contribution in [-0.2, 0) is 13.1 Å². The predicted molar refractivity (Wildman–Crippen MR) is 85.3 cm³/mol. The third-order valence-electron chi connectivity index (χ3n) is 3.45. The van der Waals surface area contributed by atoms with Gasteiger partial charge in [0.15, 0.2) is 0 Å². The van der Waals surface area contributed by atoms with Gasteiger partial charge in [0.1, 0.15) is 5.82 Å². The smallest absolute Gasteiger partial charge is 0.332 e. The molecule has 116 valence electrons. The van der Waals surface area contributed by atoms with Crippen molar-refractivity contribution in [1.29, 1.82) is 0 Å². The van der Waals surface area contributed by atoms with Crippen molar-refractivity contribution >= 4 is 11.5 Å². The molecule has 0 spiro atoms. The van der Waals surface area contributed by atoms with E-state index in [1.165, 1.54) is 4.57 Å². The normalized spacial score (nSPS) is 10.6. The van der Waals surface area contributed by atoms with Crippen LogP contribution in [0.3, 0.4) is 0 Å². The molecule has 7 heteroatoms. The number of nitroso groups, excluding NO2 is 1. The Balaban J connectivity index is 2.60. The molecular formula is C15H18N4O3. The van der Waals surface area contributed by atoms with Gasteiger partial charge in [-0.25, -0.2) is 4.79 Å². The molecule has 0 aliphatic rings. The van der Waals surface area contributed by atoms with Crippen LogP contribution in [0.1, 0.15) is 25.3 Å².